The van der Waals surface area contributed by atoms with Gasteiger partial charge in [0, 0.05) is 23.9 Å². The zero-order valence-corrected chi connectivity index (χ0v) is 23.3. The number of benzene rings is 2. The molecule has 0 bridgehead atoms. The van der Waals surface area contributed by atoms with Crippen LogP contribution in [0, 0.1) is 0 Å². The zero-order valence-electron chi connectivity index (χ0n) is 20.9. The lowest BCUT2D eigenvalue weighted by Crippen LogP contribution is -2.39. The van der Waals surface area contributed by atoms with Crippen LogP contribution in [0.1, 0.15) is 44.9 Å². The summed E-state index contributed by atoms with van der Waals surface area (Å²) in [5.41, 5.74) is 1.39. The molecule has 0 N–H and O–H groups in total. The van der Waals surface area contributed by atoms with Crippen molar-refractivity contribution in [3.8, 4) is 11.5 Å². The molecule has 2 heterocycles. The average molecular weight is 599 g/mol. The maximum absolute atomic E-state index is 13.8. The first-order chi connectivity index (χ1) is 18.1. The van der Waals surface area contributed by atoms with Gasteiger partial charge in [0.2, 0.25) is 0 Å². The van der Waals surface area contributed by atoms with Crippen LogP contribution >= 0.6 is 27.3 Å². The van der Waals surface area contributed by atoms with Gasteiger partial charge < -0.3 is 14.2 Å². The third kappa shape index (κ3) is 5.68. The van der Waals surface area contributed by atoms with E-state index in [4.69, 9.17) is 14.2 Å². The molecule has 0 saturated heterocycles. The van der Waals surface area contributed by atoms with Crippen LogP contribution in [0.5, 0.6) is 11.5 Å². The second-order valence-electron chi connectivity index (χ2n) is 8.24. The van der Waals surface area contributed by atoms with E-state index < -0.39 is 23.9 Å². The van der Waals surface area contributed by atoms with E-state index in [1.54, 1.807) is 62.4 Å². The van der Waals surface area contributed by atoms with Crippen molar-refractivity contribution in [2.24, 2.45) is 4.99 Å². The molecule has 0 saturated carbocycles. The minimum Gasteiger partial charge on any atom is -0.463 e. The standard InChI is InChI=1S/C27H23BrN2O7S/c1-5-35-26(34)23-14(2)29-27-30(24(23)17-6-9-20(10-7-17)36-15(3)31)25(33)22(38-27)13-18-12-19(28)8-11-21(18)37-16(4)32/h6-13,24H,5H2,1-4H3/b22-13+. The lowest BCUT2D eigenvalue weighted by atomic mass is 9.96. The van der Waals surface area contributed by atoms with Gasteiger partial charge in [0.15, 0.2) is 4.80 Å². The lowest BCUT2D eigenvalue weighted by Gasteiger charge is -2.24. The maximum atomic E-state index is 13.8. The molecule has 1 unspecified atom stereocenters. The van der Waals surface area contributed by atoms with Crippen molar-refractivity contribution in [3.05, 3.63) is 89.0 Å². The first-order valence-electron chi connectivity index (χ1n) is 11.5. The monoisotopic (exact) mass is 598 g/mol. The summed E-state index contributed by atoms with van der Waals surface area (Å²) in [5, 5.41) is 0. The summed E-state index contributed by atoms with van der Waals surface area (Å²) in [6.07, 6.45) is 1.62. The van der Waals surface area contributed by atoms with Crippen molar-refractivity contribution >= 4 is 51.3 Å². The van der Waals surface area contributed by atoms with Gasteiger partial charge >= 0.3 is 17.9 Å². The molecule has 1 aromatic heterocycles. The fraction of sp³-hybridized carbons (Fsp3) is 0.222. The van der Waals surface area contributed by atoms with Gasteiger partial charge in [-0.2, -0.15) is 0 Å². The number of halogens is 1. The Hall–Kier alpha value is -3.83. The fourth-order valence-corrected chi connectivity index (χ4v) is 5.43. The molecular weight excluding hydrogens is 576 g/mol. The summed E-state index contributed by atoms with van der Waals surface area (Å²) >= 11 is 4.56. The maximum Gasteiger partial charge on any atom is 0.338 e. The third-order valence-corrected chi connectivity index (χ3v) is 6.96. The summed E-state index contributed by atoms with van der Waals surface area (Å²) in [4.78, 5) is 54.7. The van der Waals surface area contributed by atoms with E-state index in [-0.39, 0.29) is 17.7 Å². The molecule has 9 nitrogen and oxygen atoms in total. The normalized spacial score (nSPS) is 15.0. The van der Waals surface area contributed by atoms with E-state index in [1.807, 2.05) is 0 Å². The van der Waals surface area contributed by atoms with Crippen LogP contribution in [0.25, 0.3) is 6.08 Å². The van der Waals surface area contributed by atoms with Crippen LogP contribution in [0.2, 0.25) is 0 Å². The van der Waals surface area contributed by atoms with E-state index in [0.717, 1.165) is 15.8 Å². The number of rotatable bonds is 6. The first kappa shape index (κ1) is 27.2. The van der Waals surface area contributed by atoms with Crippen molar-refractivity contribution in [2.75, 3.05) is 6.61 Å². The van der Waals surface area contributed by atoms with Crippen molar-refractivity contribution in [2.45, 2.75) is 33.7 Å². The van der Waals surface area contributed by atoms with Crippen molar-refractivity contribution in [1.82, 2.24) is 4.57 Å². The molecule has 2 aromatic carbocycles. The predicted molar refractivity (Wildman–Crippen MR) is 144 cm³/mol. The molecule has 38 heavy (non-hydrogen) atoms. The molecule has 4 rings (SSSR count). The fourth-order valence-electron chi connectivity index (χ4n) is 4.01. The highest BCUT2D eigenvalue weighted by Gasteiger charge is 2.33. The summed E-state index contributed by atoms with van der Waals surface area (Å²) in [5.74, 6) is -0.904. The number of hydrogen-bond acceptors (Lipinski definition) is 9. The van der Waals surface area contributed by atoms with E-state index >= 15 is 0 Å². The molecule has 1 atom stereocenters. The minimum atomic E-state index is -0.825. The van der Waals surface area contributed by atoms with Crippen LogP contribution in [0.4, 0.5) is 0 Å². The molecule has 0 radical (unpaired) electrons. The number of nitrogens with zero attached hydrogens (tertiary/aromatic N) is 2. The van der Waals surface area contributed by atoms with E-state index in [1.165, 1.54) is 18.4 Å². The number of carbonyl (C=O) groups excluding carboxylic acids is 3. The van der Waals surface area contributed by atoms with Crippen LogP contribution in [-0.2, 0) is 19.1 Å². The van der Waals surface area contributed by atoms with Gasteiger partial charge in [-0.05, 0) is 55.8 Å². The zero-order chi connectivity index (χ0) is 27.6. The van der Waals surface area contributed by atoms with Gasteiger partial charge in [0.1, 0.15) is 11.5 Å². The molecule has 1 aliphatic rings. The Bertz CT molecular complexity index is 1650. The van der Waals surface area contributed by atoms with Gasteiger partial charge in [-0.1, -0.05) is 39.4 Å². The molecule has 11 heteroatoms. The van der Waals surface area contributed by atoms with Crippen molar-refractivity contribution in [1.29, 1.82) is 0 Å². The summed E-state index contributed by atoms with van der Waals surface area (Å²) in [6, 6.07) is 10.8. The van der Waals surface area contributed by atoms with Crippen LogP contribution in [0.3, 0.4) is 0 Å². The Morgan fingerprint density at radius 1 is 1.08 bits per heavy atom. The quantitative estimate of drug-likeness (QED) is 0.315. The molecule has 1 aliphatic heterocycles. The smallest absolute Gasteiger partial charge is 0.338 e. The van der Waals surface area contributed by atoms with Gasteiger partial charge in [0.25, 0.3) is 5.56 Å². The molecule has 0 spiro atoms. The Labute approximate surface area is 229 Å². The molecule has 0 amide bonds. The minimum absolute atomic E-state index is 0.153. The highest BCUT2D eigenvalue weighted by atomic mass is 79.9. The van der Waals surface area contributed by atoms with Gasteiger partial charge in [-0.3, -0.25) is 19.0 Å². The number of hydrogen-bond donors (Lipinski definition) is 0. The van der Waals surface area contributed by atoms with Gasteiger partial charge in [-0.25, -0.2) is 9.79 Å². The van der Waals surface area contributed by atoms with E-state index in [2.05, 4.69) is 20.9 Å². The van der Waals surface area contributed by atoms with E-state index in [0.29, 0.717) is 37.7 Å². The van der Waals surface area contributed by atoms with Crippen molar-refractivity contribution < 1.29 is 28.6 Å². The molecule has 196 valence electrons. The molecule has 0 fully saturated rings. The highest BCUT2D eigenvalue weighted by molar-refractivity contribution is 9.10. The Morgan fingerprint density at radius 3 is 2.39 bits per heavy atom. The second kappa shape index (κ2) is 11.3. The summed E-state index contributed by atoms with van der Waals surface area (Å²) in [7, 11) is 0. The largest absolute Gasteiger partial charge is 0.463 e. The van der Waals surface area contributed by atoms with Crippen LogP contribution in [-0.4, -0.2) is 29.1 Å². The lowest BCUT2D eigenvalue weighted by molar-refractivity contribution is -0.139. The van der Waals surface area contributed by atoms with Crippen LogP contribution in [0.15, 0.2) is 68.0 Å². The summed E-state index contributed by atoms with van der Waals surface area (Å²) < 4.78 is 18.3. The molecule has 0 aliphatic carbocycles. The second-order valence-corrected chi connectivity index (χ2v) is 10.2. The average Bonchev–Trinajstić information content (AvgIpc) is 3.14. The Kier molecular flexibility index (Phi) is 8.08. The number of ether oxygens (including phenoxy) is 3. The number of thiazole rings is 1. The number of fused-ring (bicyclic) bond motifs is 1. The topological polar surface area (TPSA) is 113 Å². The third-order valence-electron chi connectivity index (χ3n) is 5.49. The number of aromatic nitrogens is 1. The molecule has 3 aromatic rings. The number of allylic oxidation sites excluding steroid dienone is 1. The predicted octanol–water partition coefficient (Wildman–Crippen LogP) is 3.41. The number of esters is 3. The number of carbonyl (C=O) groups is 3. The van der Waals surface area contributed by atoms with Gasteiger partial charge in [-0.15, -0.1) is 0 Å². The van der Waals surface area contributed by atoms with Crippen molar-refractivity contribution in [3.63, 3.8) is 0 Å². The van der Waals surface area contributed by atoms with E-state index in [9.17, 15) is 19.2 Å². The summed E-state index contributed by atoms with van der Waals surface area (Å²) in [6.45, 7) is 6.14. The Morgan fingerprint density at radius 2 is 1.76 bits per heavy atom. The van der Waals surface area contributed by atoms with Crippen LogP contribution < -0.4 is 24.4 Å². The molecular formula is C27H23BrN2O7S. The van der Waals surface area contributed by atoms with Gasteiger partial charge in [0.05, 0.1) is 28.5 Å². The first-order valence-corrected chi connectivity index (χ1v) is 13.2. The Balaban J connectivity index is 1.92. The SMILES string of the molecule is CCOC(=O)C1=C(C)N=c2s/c(=C/c3cc(Br)ccc3OC(C)=O)c(=O)n2C1c1ccc(OC(C)=O)cc1. The highest BCUT2D eigenvalue weighted by Crippen LogP contribution is 2.32.